The van der Waals surface area contributed by atoms with Gasteiger partial charge in [0.2, 0.25) is 0 Å². The maximum absolute atomic E-state index is 12.4. The highest BCUT2D eigenvalue weighted by molar-refractivity contribution is 14.0. The Labute approximate surface area is 153 Å². The lowest BCUT2D eigenvalue weighted by molar-refractivity contribution is -0.140. The van der Waals surface area contributed by atoms with Crippen molar-refractivity contribution in [2.75, 3.05) is 40.5 Å². The van der Waals surface area contributed by atoms with Crippen LogP contribution in [0, 0.1) is 0 Å². The van der Waals surface area contributed by atoms with E-state index in [0.717, 1.165) is 16.7 Å². The third-order valence-electron chi connectivity index (χ3n) is 2.44. The Morgan fingerprint density at radius 1 is 1.30 bits per heavy atom. The lowest BCUT2D eigenvalue weighted by Crippen LogP contribution is -2.38. The van der Waals surface area contributed by atoms with Gasteiger partial charge in [-0.25, -0.2) is 4.98 Å². The van der Waals surface area contributed by atoms with Crippen LogP contribution < -0.4 is 10.6 Å². The van der Waals surface area contributed by atoms with Gasteiger partial charge < -0.3 is 20.1 Å². The summed E-state index contributed by atoms with van der Waals surface area (Å²) in [7, 11) is 3.17. The van der Waals surface area contributed by atoms with Crippen molar-refractivity contribution in [2.45, 2.75) is 12.7 Å². The van der Waals surface area contributed by atoms with Gasteiger partial charge in [0, 0.05) is 26.1 Å². The summed E-state index contributed by atoms with van der Waals surface area (Å²) in [4.78, 5) is 7.49. The molecule has 0 aromatic carbocycles. The molecule has 0 atom stereocenters. The van der Waals surface area contributed by atoms with E-state index in [1.165, 1.54) is 0 Å². The molecule has 134 valence electrons. The van der Waals surface area contributed by atoms with E-state index in [9.17, 15) is 13.2 Å². The number of halogens is 4. The molecule has 0 aliphatic heterocycles. The minimum atomic E-state index is -4.41. The summed E-state index contributed by atoms with van der Waals surface area (Å²) in [6.45, 7) is 2.20. The molecular formula is C12H20F3IN4O2S. The first-order valence-corrected chi connectivity index (χ1v) is 7.38. The fraction of sp³-hybridized carbons (Fsp3) is 0.667. The van der Waals surface area contributed by atoms with E-state index in [2.05, 4.69) is 20.6 Å². The van der Waals surface area contributed by atoms with Crippen molar-refractivity contribution < 1.29 is 22.6 Å². The summed E-state index contributed by atoms with van der Waals surface area (Å²) in [5, 5.41) is 7.21. The second kappa shape index (κ2) is 11.8. The standard InChI is InChI=1S/C12H19F3N4O2S.HI/c1-16-11(17-3-4-21-6-5-20-2)18-7-10-19-9(8-22-10)12(13,14)15;/h8H,3-7H2,1-2H3,(H2,16,17,18);1H. The number of nitrogens with zero attached hydrogens (tertiary/aromatic N) is 2. The molecule has 0 amide bonds. The second-order valence-corrected chi connectivity index (χ2v) is 5.02. The first-order chi connectivity index (χ1) is 10.5. The van der Waals surface area contributed by atoms with Gasteiger partial charge in [0.1, 0.15) is 5.01 Å². The number of ether oxygens (including phenoxy) is 2. The number of aromatic nitrogens is 1. The van der Waals surface area contributed by atoms with Crippen molar-refractivity contribution in [3.8, 4) is 0 Å². The first kappa shape index (κ1) is 22.3. The minimum absolute atomic E-state index is 0. The Bertz CT molecular complexity index is 471. The maximum Gasteiger partial charge on any atom is 0.434 e. The first-order valence-electron chi connectivity index (χ1n) is 6.50. The number of thiazole rings is 1. The largest absolute Gasteiger partial charge is 0.434 e. The Hall–Kier alpha value is -0.660. The quantitative estimate of drug-likeness (QED) is 0.265. The zero-order chi connectivity index (χ0) is 16.4. The second-order valence-electron chi connectivity index (χ2n) is 4.08. The number of guanidine groups is 1. The Morgan fingerprint density at radius 3 is 2.61 bits per heavy atom. The molecule has 1 heterocycles. The van der Waals surface area contributed by atoms with Gasteiger partial charge in [0.25, 0.3) is 0 Å². The van der Waals surface area contributed by atoms with Crippen LogP contribution in [0.5, 0.6) is 0 Å². The van der Waals surface area contributed by atoms with E-state index in [1.54, 1.807) is 14.2 Å². The lowest BCUT2D eigenvalue weighted by atomic mass is 10.5. The summed E-state index contributed by atoms with van der Waals surface area (Å²) < 4.78 is 47.4. The van der Waals surface area contributed by atoms with Crippen LogP contribution in [-0.2, 0) is 22.2 Å². The Morgan fingerprint density at radius 2 is 2.04 bits per heavy atom. The van der Waals surface area contributed by atoms with E-state index in [-0.39, 0.29) is 30.5 Å². The van der Waals surface area contributed by atoms with Gasteiger partial charge in [-0.15, -0.1) is 35.3 Å². The van der Waals surface area contributed by atoms with Gasteiger partial charge in [-0.3, -0.25) is 4.99 Å². The molecule has 6 nitrogen and oxygen atoms in total. The molecule has 0 spiro atoms. The highest BCUT2D eigenvalue weighted by atomic mass is 127. The molecule has 23 heavy (non-hydrogen) atoms. The van der Waals surface area contributed by atoms with Crippen molar-refractivity contribution in [1.82, 2.24) is 15.6 Å². The fourth-order valence-corrected chi connectivity index (χ4v) is 2.13. The number of nitrogens with one attached hydrogen (secondary N) is 2. The molecule has 2 N–H and O–H groups in total. The molecular weight excluding hydrogens is 448 g/mol. The number of rotatable bonds is 8. The topological polar surface area (TPSA) is 67.8 Å². The number of methoxy groups -OCH3 is 1. The molecule has 0 bridgehead atoms. The van der Waals surface area contributed by atoms with Crippen LogP contribution in [0.25, 0.3) is 0 Å². The molecule has 0 saturated heterocycles. The molecule has 1 aromatic heterocycles. The summed E-state index contributed by atoms with van der Waals surface area (Å²) in [5.74, 6) is 0.471. The summed E-state index contributed by atoms with van der Waals surface area (Å²) >= 11 is 0.951. The van der Waals surface area contributed by atoms with Crippen LogP contribution in [0.15, 0.2) is 10.4 Å². The average Bonchev–Trinajstić information content (AvgIpc) is 2.95. The molecule has 0 fully saturated rings. The van der Waals surface area contributed by atoms with Crippen molar-refractivity contribution in [1.29, 1.82) is 0 Å². The van der Waals surface area contributed by atoms with Crippen LogP contribution in [0.2, 0.25) is 0 Å². The number of hydrogen-bond donors (Lipinski definition) is 2. The van der Waals surface area contributed by atoms with Crippen LogP contribution in [0.1, 0.15) is 10.7 Å². The zero-order valence-electron chi connectivity index (χ0n) is 12.8. The van der Waals surface area contributed by atoms with Gasteiger partial charge in [-0.2, -0.15) is 13.2 Å². The van der Waals surface area contributed by atoms with Crippen LogP contribution in [-0.4, -0.2) is 51.5 Å². The van der Waals surface area contributed by atoms with Gasteiger partial charge in [-0.05, 0) is 0 Å². The average molecular weight is 468 g/mol. The molecule has 0 radical (unpaired) electrons. The summed E-state index contributed by atoms with van der Waals surface area (Å²) in [6.07, 6.45) is -4.41. The summed E-state index contributed by atoms with van der Waals surface area (Å²) in [5.41, 5.74) is -0.871. The van der Waals surface area contributed by atoms with Crippen LogP contribution in [0.4, 0.5) is 13.2 Å². The molecule has 0 saturated carbocycles. The molecule has 0 unspecified atom stereocenters. The van der Waals surface area contributed by atoms with E-state index in [1.807, 2.05) is 0 Å². The highest BCUT2D eigenvalue weighted by Crippen LogP contribution is 2.29. The molecule has 1 aromatic rings. The van der Waals surface area contributed by atoms with Crippen molar-refractivity contribution in [3.05, 3.63) is 16.1 Å². The van der Waals surface area contributed by atoms with Gasteiger partial charge >= 0.3 is 6.18 Å². The van der Waals surface area contributed by atoms with E-state index >= 15 is 0 Å². The van der Waals surface area contributed by atoms with Crippen molar-refractivity contribution >= 4 is 41.3 Å². The van der Waals surface area contributed by atoms with Gasteiger partial charge in [-0.1, -0.05) is 0 Å². The Kier molecular flexibility index (Phi) is 11.5. The lowest BCUT2D eigenvalue weighted by Gasteiger charge is -2.11. The van der Waals surface area contributed by atoms with E-state index in [4.69, 9.17) is 9.47 Å². The van der Waals surface area contributed by atoms with Gasteiger partial charge in [0.05, 0.1) is 26.4 Å². The normalized spacial score (nSPS) is 12.0. The third kappa shape index (κ3) is 9.27. The van der Waals surface area contributed by atoms with E-state index < -0.39 is 11.9 Å². The number of hydrogen-bond acceptors (Lipinski definition) is 5. The fourth-order valence-electron chi connectivity index (χ4n) is 1.39. The minimum Gasteiger partial charge on any atom is -0.382 e. The zero-order valence-corrected chi connectivity index (χ0v) is 15.9. The van der Waals surface area contributed by atoms with E-state index in [0.29, 0.717) is 37.3 Å². The third-order valence-corrected chi connectivity index (χ3v) is 3.29. The van der Waals surface area contributed by atoms with Crippen molar-refractivity contribution in [2.24, 2.45) is 4.99 Å². The number of alkyl halides is 3. The van der Waals surface area contributed by atoms with Gasteiger partial charge in [0.15, 0.2) is 11.7 Å². The van der Waals surface area contributed by atoms with Crippen molar-refractivity contribution in [3.63, 3.8) is 0 Å². The highest BCUT2D eigenvalue weighted by Gasteiger charge is 2.33. The van der Waals surface area contributed by atoms with Crippen LogP contribution >= 0.6 is 35.3 Å². The molecule has 1 rings (SSSR count). The molecule has 11 heteroatoms. The monoisotopic (exact) mass is 468 g/mol. The SMILES string of the molecule is CN=C(NCCOCCOC)NCc1nc(C(F)(F)F)cs1.I. The molecule has 0 aliphatic rings. The Balaban J connectivity index is 0.00000484. The molecule has 0 aliphatic carbocycles. The summed E-state index contributed by atoms with van der Waals surface area (Å²) in [6, 6.07) is 0. The number of aliphatic imine (C=N–C) groups is 1. The van der Waals surface area contributed by atoms with Crippen LogP contribution in [0.3, 0.4) is 0 Å². The smallest absolute Gasteiger partial charge is 0.382 e. The predicted octanol–water partition coefficient (Wildman–Crippen LogP) is 2.11. The maximum atomic E-state index is 12.4. The predicted molar refractivity (Wildman–Crippen MR) is 93.4 cm³/mol.